The second-order valence-electron chi connectivity index (χ2n) is 13.3. The average Bonchev–Trinajstić information content (AvgIpc) is 3.26. The van der Waals surface area contributed by atoms with Gasteiger partial charge in [-0.05, 0) is 60.1 Å². The monoisotopic (exact) mass is 538 g/mol. The Morgan fingerprint density at radius 3 is 1.24 bits per heavy atom. The minimum Gasteiger partial charge on any atom is -0.278 e. The van der Waals surface area contributed by atoms with Crippen molar-refractivity contribution in [2.75, 3.05) is 0 Å². The number of benzene rings is 4. The molecule has 0 spiro atoms. The van der Waals surface area contributed by atoms with Crippen molar-refractivity contribution >= 4 is 21.8 Å². The highest BCUT2D eigenvalue weighted by Gasteiger charge is 2.22. The quantitative estimate of drug-likeness (QED) is 0.225. The summed E-state index contributed by atoms with van der Waals surface area (Å²) >= 11 is 0. The van der Waals surface area contributed by atoms with E-state index in [1.807, 2.05) is 0 Å². The van der Waals surface area contributed by atoms with Crippen LogP contribution in [0.5, 0.6) is 0 Å². The molecule has 4 nitrogen and oxygen atoms in total. The van der Waals surface area contributed by atoms with Gasteiger partial charge in [-0.1, -0.05) is 113 Å². The van der Waals surface area contributed by atoms with Crippen molar-refractivity contribution in [3.63, 3.8) is 0 Å². The number of hydrogen-bond donors (Lipinski definition) is 0. The summed E-state index contributed by atoms with van der Waals surface area (Å²) < 4.78 is 2.21. The molecule has 4 heteroatoms. The number of aryl methyl sites for hydroxylation is 2. The van der Waals surface area contributed by atoms with Crippen molar-refractivity contribution in [3.05, 3.63) is 107 Å². The number of nitrogens with zero attached hydrogens (tertiary/aromatic N) is 4. The Morgan fingerprint density at radius 2 is 0.878 bits per heavy atom. The van der Waals surface area contributed by atoms with Crippen LogP contribution < -0.4 is 0 Å². The van der Waals surface area contributed by atoms with E-state index in [0.717, 1.165) is 22.2 Å². The Morgan fingerprint density at radius 1 is 0.488 bits per heavy atom. The normalized spacial score (nSPS) is 12.4. The van der Waals surface area contributed by atoms with Gasteiger partial charge in [0.05, 0.1) is 11.0 Å². The van der Waals surface area contributed by atoms with Crippen LogP contribution in [-0.4, -0.2) is 19.5 Å². The van der Waals surface area contributed by atoms with Crippen molar-refractivity contribution in [2.24, 2.45) is 0 Å². The van der Waals surface area contributed by atoms with Crippen molar-refractivity contribution in [1.29, 1.82) is 0 Å². The molecule has 0 aliphatic carbocycles. The number of fused-ring (bicyclic) bond motifs is 3. The molecule has 0 saturated heterocycles. The molecule has 206 valence electrons. The molecule has 0 saturated carbocycles. The van der Waals surface area contributed by atoms with Gasteiger partial charge < -0.3 is 0 Å². The largest absolute Gasteiger partial charge is 0.278 e. The minimum atomic E-state index is 0.0363. The fraction of sp³-hybridized carbons (Fsp3) is 0.270. The fourth-order valence-corrected chi connectivity index (χ4v) is 5.30. The molecular formula is C37H38N4. The van der Waals surface area contributed by atoms with E-state index in [2.05, 4.69) is 145 Å². The van der Waals surface area contributed by atoms with Crippen molar-refractivity contribution in [3.8, 4) is 28.7 Å². The second-order valence-corrected chi connectivity index (χ2v) is 13.3. The van der Waals surface area contributed by atoms with Crippen LogP contribution >= 0.6 is 0 Å². The molecule has 2 aromatic heterocycles. The van der Waals surface area contributed by atoms with Gasteiger partial charge >= 0.3 is 0 Å². The van der Waals surface area contributed by atoms with E-state index in [0.29, 0.717) is 17.6 Å². The van der Waals surface area contributed by atoms with Crippen molar-refractivity contribution < 1.29 is 0 Å². The zero-order chi connectivity index (χ0) is 29.1. The second kappa shape index (κ2) is 9.66. The number of hydrogen-bond acceptors (Lipinski definition) is 3. The Kier molecular flexibility index (Phi) is 6.33. The van der Waals surface area contributed by atoms with E-state index in [-0.39, 0.29) is 10.8 Å². The lowest BCUT2D eigenvalue weighted by Crippen LogP contribution is -2.10. The molecule has 0 N–H and O–H groups in total. The van der Waals surface area contributed by atoms with Gasteiger partial charge in [0.2, 0.25) is 5.95 Å². The lowest BCUT2D eigenvalue weighted by atomic mass is 9.85. The summed E-state index contributed by atoms with van der Waals surface area (Å²) in [5.74, 6) is 1.95. The highest BCUT2D eigenvalue weighted by Crippen LogP contribution is 2.37. The van der Waals surface area contributed by atoms with E-state index >= 15 is 0 Å². The standard InChI is InChI=1S/C37H38N4/c1-23-9-13-25(14-10-23)33-38-34(26-15-11-24(2)12-16-26)40-35(39-33)41-31-19-17-27(36(3,4)5)21-29(31)30-22-28(37(6,7)8)18-20-32(30)41/h9-22H,1-8H3. The number of rotatable bonds is 3. The Balaban J connectivity index is 1.68. The molecule has 6 rings (SSSR count). The Bertz CT molecular complexity index is 1760. The summed E-state index contributed by atoms with van der Waals surface area (Å²) in [6.45, 7) is 17.8. The third kappa shape index (κ3) is 5.04. The van der Waals surface area contributed by atoms with Crippen LogP contribution in [0.25, 0.3) is 50.5 Å². The first kappa shape index (κ1) is 26.9. The van der Waals surface area contributed by atoms with Crippen LogP contribution in [0.4, 0.5) is 0 Å². The molecule has 6 aromatic rings. The zero-order valence-electron chi connectivity index (χ0n) is 25.4. The lowest BCUT2D eigenvalue weighted by Gasteiger charge is -2.19. The smallest absolute Gasteiger partial charge is 0.238 e. The van der Waals surface area contributed by atoms with E-state index < -0.39 is 0 Å². The minimum absolute atomic E-state index is 0.0363. The van der Waals surface area contributed by atoms with Gasteiger partial charge in [-0.25, -0.2) is 4.98 Å². The maximum atomic E-state index is 5.10. The zero-order valence-corrected chi connectivity index (χ0v) is 25.4. The van der Waals surface area contributed by atoms with E-state index in [1.54, 1.807) is 0 Å². The molecule has 0 fully saturated rings. The van der Waals surface area contributed by atoms with E-state index in [9.17, 15) is 0 Å². The van der Waals surface area contributed by atoms with Gasteiger partial charge in [0.25, 0.3) is 0 Å². The molecular weight excluding hydrogens is 500 g/mol. The molecule has 0 aliphatic rings. The Labute approximate surface area is 243 Å². The van der Waals surface area contributed by atoms with Gasteiger partial charge in [-0.3, -0.25) is 4.57 Å². The highest BCUT2D eigenvalue weighted by atomic mass is 15.2. The maximum absolute atomic E-state index is 5.10. The topological polar surface area (TPSA) is 43.6 Å². The van der Waals surface area contributed by atoms with Crippen molar-refractivity contribution in [2.45, 2.75) is 66.2 Å². The first-order valence-electron chi connectivity index (χ1n) is 14.4. The fourth-order valence-electron chi connectivity index (χ4n) is 5.30. The predicted octanol–water partition coefficient (Wildman–Crippen LogP) is 9.51. The van der Waals surface area contributed by atoms with Gasteiger partial charge in [0.15, 0.2) is 11.6 Å². The van der Waals surface area contributed by atoms with Gasteiger partial charge in [-0.2, -0.15) is 9.97 Å². The molecule has 0 aliphatic heterocycles. The van der Waals surface area contributed by atoms with Crippen LogP contribution in [0.15, 0.2) is 84.9 Å². The molecule has 0 atom stereocenters. The molecule has 0 amide bonds. The van der Waals surface area contributed by atoms with Gasteiger partial charge in [0.1, 0.15) is 0 Å². The molecule has 0 bridgehead atoms. The van der Waals surface area contributed by atoms with Crippen LogP contribution in [0.3, 0.4) is 0 Å². The van der Waals surface area contributed by atoms with E-state index in [4.69, 9.17) is 15.0 Å². The van der Waals surface area contributed by atoms with E-state index in [1.165, 1.54) is 33.0 Å². The molecule has 0 radical (unpaired) electrons. The molecule has 0 unspecified atom stereocenters. The summed E-state index contributed by atoms with van der Waals surface area (Å²) in [4.78, 5) is 15.2. The third-order valence-corrected chi connectivity index (χ3v) is 7.94. The highest BCUT2D eigenvalue weighted by molar-refractivity contribution is 6.09. The van der Waals surface area contributed by atoms with Crippen LogP contribution in [0.2, 0.25) is 0 Å². The van der Waals surface area contributed by atoms with Crippen LogP contribution in [-0.2, 0) is 10.8 Å². The van der Waals surface area contributed by atoms with Gasteiger partial charge in [-0.15, -0.1) is 0 Å². The molecule has 41 heavy (non-hydrogen) atoms. The summed E-state index contributed by atoms with van der Waals surface area (Å²) in [5.41, 5.74) is 9.22. The first-order valence-corrected chi connectivity index (χ1v) is 14.4. The van der Waals surface area contributed by atoms with Gasteiger partial charge in [0, 0.05) is 21.9 Å². The summed E-state index contributed by atoms with van der Waals surface area (Å²) in [6.07, 6.45) is 0. The van der Waals surface area contributed by atoms with Crippen LogP contribution in [0.1, 0.15) is 63.8 Å². The predicted molar refractivity (Wildman–Crippen MR) is 172 cm³/mol. The van der Waals surface area contributed by atoms with Crippen LogP contribution in [0, 0.1) is 13.8 Å². The maximum Gasteiger partial charge on any atom is 0.238 e. The SMILES string of the molecule is Cc1ccc(-c2nc(-c3ccc(C)cc3)nc(-n3c4ccc(C(C)(C)C)cc4c4cc(C(C)(C)C)ccc43)n2)cc1. The average molecular weight is 539 g/mol. The lowest BCUT2D eigenvalue weighted by molar-refractivity contribution is 0.590. The summed E-state index contributed by atoms with van der Waals surface area (Å²) in [5, 5.41) is 2.43. The number of aromatic nitrogens is 4. The first-order chi connectivity index (χ1) is 19.4. The third-order valence-electron chi connectivity index (χ3n) is 7.94. The summed E-state index contributed by atoms with van der Waals surface area (Å²) in [7, 11) is 0. The molecule has 4 aromatic carbocycles. The van der Waals surface area contributed by atoms with Crippen molar-refractivity contribution in [1.82, 2.24) is 19.5 Å². The Hall–Kier alpha value is -4.31. The summed E-state index contributed by atoms with van der Waals surface area (Å²) in [6, 6.07) is 30.4. The molecule has 2 heterocycles.